The molecule has 0 amide bonds. The number of nitrogens with zero attached hydrogens (tertiary/aromatic N) is 3. The van der Waals surface area contributed by atoms with E-state index in [0.29, 0.717) is 12.0 Å². The predicted molar refractivity (Wildman–Crippen MR) is 81.3 cm³/mol. The van der Waals surface area contributed by atoms with Crippen LogP contribution in [0.3, 0.4) is 0 Å². The fourth-order valence-corrected chi connectivity index (χ4v) is 2.22. The maximum absolute atomic E-state index is 5.90. The highest BCUT2D eigenvalue weighted by atomic mass is 15.2. The van der Waals surface area contributed by atoms with E-state index < -0.39 is 0 Å². The second-order valence-corrected chi connectivity index (χ2v) is 5.61. The van der Waals surface area contributed by atoms with Crippen LogP contribution < -0.4 is 10.6 Å². The lowest BCUT2D eigenvalue weighted by molar-refractivity contribution is 0.567. The van der Waals surface area contributed by atoms with Gasteiger partial charge >= 0.3 is 0 Å². The summed E-state index contributed by atoms with van der Waals surface area (Å²) < 4.78 is 0. The molecule has 0 bridgehead atoms. The Morgan fingerprint density at radius 2 is 1.89 bits per heavy atom. The summed E-state index contributed by atoms with van der Waals surface area (Å²) in [5.74, 6) is 1.55. The number of nitrogens with two attached hydrogens (primary N) is 1. The first-order valence-corrected chi connectivity index (χ1v) is 6.76. The Balaban J connectivity index is 2.55. The first-order chi connectivity index (χ1) is 8.99. The second-order valence-electron chi connectivity index (χ2n) is 5.61. The summed E-state index contributed by atoms with van der Waals surface area (Å²) in [6.07, 6.45) is 1.63. The molecule has 4 nitrogen and oxygen atoms in total. The van der Waals surface area contributed by atoms with Crippen LogP contribution in [0.1, 0.15) is 27.7 Å². The van der Waals surface area contributed by atoms with E-state index in [-0.39, 0.29) is 0 Å². The summed E-state index contributed by atoms with van der Waals surface area (Å²) in [4.78, 5) is 11.1. The number of anilines is 2. The Morgan fingerprint density at radius 1 is 1.16 bits per heavy atom. The predicted octanol–water partition coefficient (Wildman–Crippen LogP) is 3.08. The van der Waals surface area contributed by atoms with Crippen LogP contribution >= 0.6 is 0 Å². The third-order valence-electron chi connectivity index (χ3n) is 3.10. The van der Waals surface area contributed by atoms with Gasteiger partial charge in [-0.3, -0.25) is 0 Å². The van der Waals surface area contributed by atoms with E-state index in [2.05, 4.69) is 42.6 Å². The van der Waals surface area contributed by atoms with Crippen molar-refractivity contribution in [2.45, 2.75) is 33.7 Å². The molecule has 102 valence electrons. The lowest BCUT2D eigenvalue weighted by atomic mass is 10.1. The van der Waals surface area contributed by atoms with Crippen molar-refractivity contribution >= 4 is 22.4 Å². The van der Waals surface area contributed by atoms with Crippen molar-refractivity contribution in [1.29, 1.82) is 0 Å². The van der Waals surface area contributed by atoms with Crippen LogP contribution in [0.5, 0.6) is 0 Å². The average molecular weight is 258 g/mol. The van der Waals surface area contributed by atoms with Gasteiger partial charge in [-0.15, -0.1) is 0 Å². The van der Waals surface area contributed by atoms with Gasteiger partial charge in [-0.05, 0) is 38.0 Å². The van der Waals surface area contributed by atoms with Crippen molar-refractivity contribution in [3.63, 3.8) is 0 Å². The number of fused-ring (bicyclic) bond motifs is 1. The maximum Gasteiger partial charge on any atom is 0.140 e. The van der Waals surface area contributed by atoms with Gasteiger partial charge in [-0.1, -0.05) is 13.8 Å². The summed E-state index contributed by atoms with van der Waals surface area (Å²) in [6, 6.07) is 6.17. The molecule has 1 heterocycles. The molecule has 0 saturated heterocycles. The molecular formula is C15H22N4. The lowest BCUT2D eigenvalue weighted by Crippen LogP contribution is -2.35. The van der Waals surface area contributed by atoms with Gasteiger partial charge in [-0.2, -0.15) is 0 Å². The molecule has 2 aromatic rings. The SMILES string of the molecule is CC(C)CN(c1ncnc2ccc(N)cc12)C(C)C. The zero-order chi connectivity index (χ0) is 14.0. The van der Waals surface area contributed by atoms with E-state index in [4.69, 9.17) is 5.73 Å². The van der Waals surface area contributed by atoms with Crippen LogP contribution in [0, 0.1) is 5.92 Å². The molecule has 0 unspecified atom stereocenters. The molecule has 0 radical (unpaired) electrons. The molecule has 0 spiro atoms. The fraction of sp³-hybridized carbons (Fsp3) is 0.467. The summed E-state index contributed by atoms with van der Waals surface area (Å²) in [7, 11) is 0. The molecule has 0 aliphatic heterocycles. The van der Waals surface area contributed by atoms with Crippen molar-refractivity contribution in [1.82, 2.24) is 9.97 Å². The minimum Gasteiger partial charge on any atom is -0.399 e. The third kappa shape index (κ3) is 2.95. The number of nitrogen functional groups attached to an aromatic ring is 1. The number of aromatic nitrogens is 2. The molecule has 4 heteroatoms. The van der Waals surface area contributed by atoms with Crippen molar-refractivity contribution in [2.75, 3.05) is 17.2 Å². The van der Waals surface area contributed by atoms with Crippen LogP contribution in [0.2, 0.25) is 0 Å². The topological polar surface area (TPSA) is 55.0 Å². The Bertz CT molecular complexity index is 563. The minimum absolute atomic E-state index is 0.391. The van der Waals surface area contributed by atoms with Gasteiger partial charge in [-0.25, -0.2) is 9.97 Å². The molecule has 0 aliphatic rings. The van der Waals surface area contributed by atoms with Crippen molar-refractivity contribution in [3.8, 4) is 0 Å². The number of rotatable bonds is 4. The zero-order valence-corrected chi connectivity index (χ0v) is 12.1. The fourth-order valence-electron chi connectivity index (χ4n) is 2.22. The van der Waals surface area contributed by atoms with Gasteiger partial charge in [0.2, 0.25) is 0 Å². The van der Waals surface area contributed by atoms with Crippen LogP contribution in [0.4, 0.5) is 11.5 Å². The van der Waals surface area contributed by atoms with Crippen molar-refractivity contribution in [2.24, 2.45) is 5.92 Å². The van der Waals surface area contributed by atoms with Gasteiger partial charge in [0.1, 0.15) is 12.1 Å². The molecule has 0 aliphatic carbocycles. The Labute approximate surface area is 114 Å². The summed E-state index contributed by atoms with van der Waals surface area (Å²) >= 11 is 0. The molecule has 19 heavy (non-hydrogen) atoms. The molecular weight excluding hydrogens is 236 g/mol. The van der Waals surface area contributed by atoms with Gasteiger partial charge in [0.05, 0.1) is 5.52 Å². The van der Waals surface area contributed by atoms with Crippen molar-refractivity contribution in [3.05, 3.63) is 24.5 Å². The molecule has 2 N–H and O–H groups in total. The van der Waals surface area contributed by atoms with Crippen LogP contribution in [0.25, 0.3) is 10.9 Å². The first-order valence-electron chi connectivity index (χ1n) is 6.76. The van der Waals surface area contributed by atoms with Gasteiger partial charge in [0, 0.05) is 23.7 Å². The summed E-state index contributed by atoms with van der Waals surface area (Å²) in [5.41, 5.74) is 7.58. The summed E-state index contributed by atoms with van der Waals surface area (Å²) in [5, 5.41) is 1.02. The highest BCUT2D eigenvalue weighted by Gasteiger charge is 2.16. The van der Waals surface area contributed by atoms with Gasteiger partial charge < -0.3 is 10.6 Å². The molecule has 0 atom stereocenters. The standard InChI is InChI=1S/C15H22N4/c1-10(2)8-19(11(3)4)15-13-7-12(16)5-6-14(13)17-9-18-15/h5-7,9-11H,8,16H2,1-4H3. The largest absolute Gasteiger partial charge is 0.399 e. The molecule has 0 fully saturated rings. The highest BCUT2D eigenvalue weighted by Crippen LogP contribution is 2.26. The monoisotopic (exact) mass is 258 g/mol. The normalized spacial score (nSPS) is 11.5. The maximum atomic E-state index is 5.90. The first kappa shape index (κ1) is 13.6. The smallest absolute Gasteiger partial charge is 0.140 e. The lowest BCUT2D eigenvalue weighted by Gasteiger charge is -2.30. The van der Waals surface area contributed by atoms with E-state index in [0.717, 1.165) is 29.0 Å². The van der Waals surface area contributed by atoms with E-state index in [1.165, 1.54) is 0 Å². The van der Waals surface area contributed by atoms with E-state index in [1.54, 1.807) is 6.33 Å². The molecule has 0 saturated carbocycles. The number of hydrogen-bond donors (Lipinski definition) is 1. The average Bonchev–Trinajstić information content (AvgIpc) is 2.35. The third-order valence-corrected chi connectivity index (χ3v) is 3.10. The Kier molecular flexibility index (Phi) is 3.88. The van der Waals surface area contributed by atoms with Crippen molar-refractivity contribution < 1.29 is 0 Å². The van der Waals surface area contributed by atoms with Crippen LogP contribution in [-0.4, -0.2) is 22.6 Å². The summed E-state index contributed by atoms with van der Waals surface area (Å²) in [6.45, 7) is 9.77. The molecule has 1 aromatic heterocycles. The van der Waals surface area contributed by atoms with Crippen LogP contribution in [-0.2, 0) is 0 Å². The minimum atomic E-state index is 0.391. The second kappa shape index (κ2) is 5.43. The Hall–Kier alpha value is -1.84. The number of hydrogen-bond acceptors (Lipinski definition) is 4. The van der Waals surface area contributed by atoms with E-state index >= 15 is 0 Å². The zero-order valence-electron chi connectivity index (χ0n) is 12.1. The quantitative estimate of drug-likeness (QED) is 0.856. The van der Waals surface area contributed by atoms with Gasteiger partial charge in [0.25, 0.3) is 0 Å². The van der Waals surface area contributed by atoms with E-state index in [1.807, 2.05) is 18.2 Å². The van der Waals surface area contributed by atoms with Crippen LogP contribution in [0.15, 0.2) is 24.5 Å². The van der Waals surface area contributed by atoms with E-state index in [9.17, 15) is 0 Å². The number of benzene rings is 1. The highest BCUT2D eigenvalue weighted by molar-refractivity contribution is 5.91. The molecule has 1 aromatic carbocycles. The molecule has 2 rings (SSSR count). The van der Waals surface area contributed by atoms with Gasteiger partial charge in [0.15, 0.2) is 0 Å². The Morgan fingerprint density at radius 3 is 2.53 bits per heavy atom.